The number of carbonyl (C=O) groups is 1. The fourth-order valence-electron chi connectivity index (χ4n) is 1.25. The minimum absolute atomic E-state index is 0.00411. The van der Waals surface area contributed by atoms with Gasteiger partial charge in [-0.15, -0.1) is 11.3 Å². The van der Waals surface area contributed by atoms with E-state index in [1.807, 2.05) is 11.4 Å². The largest absolute Gasteiger partial charge is 0.334 e. The summed E-state index contributed by atoms with van der Waals surface area (Å²) in [7, 11) is 1.75. The van der Waals surface area contributed by atoms with Crippen molar-refractivity contribution in [2.24, 2.45) is 0 Å². The minimum Gasteiger partial charge on any atom is -0.334 e. The van der Waals surface area contributed by atoms with Crippen LogP contribution in [0.5, 0.6) is 0 Å². The fraction of sp³-hybridized carbons (Fsp3) is 0.222. The molecule has 7 heteroatoms. The minimum atomic E-state index is -0.00411. The maximum Gasteiger partial charge on any atom is 0.254 e. The Labute approximate surface area is 110 Å². The Morgan fingerprint density at radius 1 is 1.69 bits per heavy atom. The highest BCUT2D eigenvalue weighted by Crippen LogP contribution is 2.18. The molecule has 0 fully saturated rings. The van der Waals surface area contributed by atoms with Crippen LogP contribution in [0, 0.1) is 2.88 Å². The van der Waals surface area contributed by atoms with Gasteiger partial charge in [0.25, 0.3) is 5.91 Å². The lowest BCUT2D eigenvalue weighted by molar-refractivity contribution is 0.0782. The van der Waals surface area contributed by atoms with E-state index in [2.05, 4.69) is 37.8 Å². The standard InChI is InChI=1S/C9H9IN4OS/c1-14(3-8-11-5-12-13-8)9(15)6-2-7(10)16-4-6/h2,4-5H,3H2,1H3,(H,11,12,13). The predicted molar refractivity (Wildman–Crippen MR) is 69.2 cm³/mol. The first kappa shape index (κ1) is 11.5. The number of hydrogen-bond acceptors (Lipinski definition) is 4. The number of thiophene rings is 1. The van der Waals surface area contributed by atoms with Gasteiger partial charge in [0, 0.05) is 12.4 Å². The lowest BCUT2D eigenvalue weighted by Gasteiger charge is -2.14. The van der Waals surface area contributed by atoms with E-state index < -0.39 is 0 Å². The molecule has 2 aromatic heterocycles. The second-order valence-corrected chi connectivity index (χ2v) is 6.04. The third-order valence-electron chi connectivity index (χ3n) is 2.01. The maximum absolute atomic E-state index is 12.0. The highest BCUT2D eigenvalue weighted by molar-refractivity contribution is 14.1. The van der Waals surface area contributed by atoms with Gasteiger partial charge in [-0.3, -0.25) is 9.89 Å². The number of nitrogens with one attached hydrogen (secondary N) is 1. The molecule has 0 unspecified atom stereocenters. The van der Waals surface area contributed by atoms with Crippen LogP contribution < -0.4 is 0 Å². The first-order valence-corrected chi connectivity index (χ1v) is 6.46. The summed E-state index contributed by atoms with van der Waals surface area (Å²) >= 11 is 3.76. The van der Waals surface area contributed by atoms with Crippen molar-refractivity contribution in [2.45, 2.75) is 6.54 Å². The molecule has 2 heterocycles. The zero-order valence-corrected chi connectivity index (χ0v) is 11.4. The molecule has 2 aromatic rings. The summed E-state index contributed by atoms with van der Waals surface area (Å²) in [5.41, 5.74) is 0.719. The number of rotatable bonds is 3. The topological polar surface area (TPSA) is 61.9 Å². The molecule has 84 valence electrons. The number of hydrogen-bond donors (Lipinski definition) is 1. The van der Waals surface area contributed by atoms with Crippen LogP contribution in [0.25, 0.3) is 0 Å². The van der Waals surface area contributed by atoms with Gasteiger partial charge >= 0.3 is 0 Å². The Hall–Kier alpha value is -0.960. The predicted octanol–water partition coefficient (Wildman–Crippen LogP) is 1.74. The van der Waals surface area contributed by atoms with Crippen LogP contribution >= 0.6 is 33.9 Å². The summed E-state index contributed by atoms with van der Waals surface area (Å²) in [4.78, 5) is 17.5. The third-order valence-corrected chi connectivity index (χ3v) is 3.80. The van der Waals surface area contributed by atoms with Gasteiger partial charge in [-0.25, -0.2) is 4.98 Å². The summed E-state index contributed by atoms with van der Waals surface area (Å²) in [5, 5.41) is 8.33. The van der Waals surface area contributed by atoms with Gasteiger partial charge in [0.05, 0.1) is 15.0 Å². The zero-order chi connectivity index (χ0) is 11.5. The maximum atomic E-state index is 12.0. The summed E-state index contributed by atoms with van der Waals surface area (Å²) in [5.74, 6) is 0.677. The number of amides is 1. The smallest absolute Gasteiger partial charge is 0.254 e. The van der Waals surface area contributed by atoms with Crippen LogP contribution in [0.4, 0.5) is 0 Å². The molecule has 0 saturated carbocycles. The summed E-state index contributed by atoms with van der Waals surface area (Å²) in [6, 6.07) is 1.88. The molecular weight excluding hydrogens is 339 g/mol. The monoisotopic (exact) mass is 348 g/mol. The molecular formula is C9H9IN4OS. The quantitative estimate of drug-likeness (QED) is 0.860. The van der Waals surface area contributed by atoms with Gasteiger partial charge in [-0.1, -0.05) is 0 Å². The van der Waals surface area contributed by atoms with Crippen LogP contribution in [0.1, 0.15) is 16.2 Å². The number of H-pyrrole nitrogens is 1. The molecule has 0 saturated heterocycles. The molecule has 0 aliphatic rings. The van der Waals surface area contributed by atoms with Gasteiger partial charge in [0.15, 0.2) is 0 Å². The number of halogens is 1. The van der Waals surface area contributed by atoms with Gasteiger partial charge in [0.1, 0.15) is 12.2 Å². The lowest BCUT2D eigenvalue weighted by Crippen LogP contribution is -2.26. The molecule has 0 aliphatic carbocycles. The van der Waals surface area contributed by atoms with E-state index in [-0.39, 0.29) is 5.91 Å². The summed E-state index contributed by atoms with van der Waals surface area (Å²) < 4.78 is 1.11. The second kappa shape index (κ2) is 4.91. The average molecular weight is 348 g/mol. The number of nitrogens with zero attached hydrogens (tertiary/aromatic N) is 3. The van der Waals surface area contributed by atoms with E-state index in [9.17, 15) is 4.79 Å². The van der Waals surface area contributed by atoms with Crippen LogP contribution in [0.15, 0.2) is 17.8 Å². The lowest BCUT2D eigenvalue weighted by atomic mass is 10.3. The molecule has 16 heavy (non-hydrogen) atoms. The molecule has 1 amide bonds. The Balaban J connectivity index is 2.05. The highest BCUT2D eigenvalue weighted by Gasteiger charge is 2.14. The highest BCUT2D eigenvalue weighted by atomic mass is 127. The first-order valence-electron chi connectivity index (χ1n) is 4.50. The van der Waals surface area contributed by atoms with E-state index in [4.69, 9.17) is 0 Å². The Kier molecular flexibility index (Phi) is 3.54. The summed E-state index contributed by atoms with van der Waals surface area (Å²) in [6.07, 6.45) is 1.43. The fourth-order valence-corrected chi connectivity index (χ4v) is 2.57. The van der Waals surface area contributed by atoms with Crippen LogP contribution in [0.2, 0.25) is 0 Å². The number of aromatic amines is 1. The number of carbonyl (C=O) groups excluding carboxylic acids is 1. The van der Waals surface area contributed by atoms with Crippen LogP contribution in [-0.4, -0.2) is 33.0 Å². The molecule has 0 radical (unpaired) electrons. The SMILES string of the molecule is CN(Cc1ncn[nH]1)C(=O)c1csc(I)c1. The normalized spacial score (nSPS) is 10.4. The Morgan fingerprint density at radius 3 is 3.06 bits per heavy atom. The molecule has 0 aromatic carbocycles. The Bertz CT molecular complexity index is 481. The first-order chi connectivity index (χ1) is 7.66. The number of aromatic nitrogens is 3. The van der Waals surface area contributed by atoms with Gasteiger partial charge in [0.2, 0.25) is 0 Å². The third kappa shape index (κ3) is 2.59. The van der Waals surface area contributed by atoms with E-state index in [0.717, 1.165) is 8.45 Å². The molecule has 0 bridgehead atoms. The summed E-state index contributed by atoms with van der Waals surface area (Å²) in [6.45, 7) is 0.436. The molecule has 2 rings (SSSR count). The van der Waals surface area contributed by atoms with Crippen molar-refractivity contribution >= 4 is 39.8 Å². The van der Waals surface area contributed by atoms with Crippen molar-refractivity contribution in [3.05, 3.63) is 32.0 Å². The molecule has 5 nitrogen and oxygen atoms in total. The molecule has 0 atom stereocenters. The van der Waals surface area contributed by atoms with Crippen molar-refractivity contribution in [1.29, 1.82) is 0 Å². The second-order valence-electron chi connectivity index (χ2n) is 3.23. The van der Waals surface area contributed by atoms with Crippen molar-refractivity contribution < 1.29 is 4.79 Å². The van der Waals surface area contributed by atoms with E-state index in [0.29, 0.717) is 12.4 Å². The average Bonchev–Trinajstić information content (AvgIpc) is 2.88. The molecule has 0 aliphatic heterocycles. The van der Waals surface area contributed by atoms with Crippen molar-refractivity contribution in [1.82, 2.24) is 20.1 Å². The van der Waals surface area contributed by atoms with E-state index in [1.54, 1.807) is 23.3 Å². The van der Waals surface area contributed by atoms with Gasteiger partial charge < -0.3 is 4.90 Å². The van der Waals surface area contributed by atoms with Crippen molar-refractivity contribution in [3.63, 3.8) is 0 Å². The molecule has 1 N–H and O–H groups in total. The van der Waals surface area contributed by atoms with E-state index >= 15 is 0 Å². The van der Waals surface area contributed by atoms with Crippen LogP contribution in [-0.2, 0) is 6.54 Å². The Morgan fingerprint density at radius 2 is 2.50 bits per heavy atom. The van der Waals surface area contributed by atoms with E-state index in [1.165, 1.54) is 6.33 Å². The van der Waals surface area contributed by atoms with Crippen molar-refractivity contribution in [3.8, 4) is 0 Å². The van der Waals surface area contributed by atoms with Crippen LogP contribution in [0.3, 0.4) is 0 Å². The molecule has 0 spiro atoms. The zero-order valence-electron chi connectivity index (χ0n) is 8.48. The van der Waals surface area contributed by atoms with Crippen molar-refractivity contribution in [2.75, 3.05) is 7.05 Å². The van der Waals surface area contributed by atoms with Gasteiger partial charge in [-0.05, 0) is 28.7 Å². The van der Waals surface area contributed by atoms with Gasteiger partial charge in [-0.2, -0.15) is 5.10 Å².